The summed E-state index contributed by atoms with van der Waals surface area (Å²) in [7, 11) is 0. The van der Waals surface area contributed by atoms with Crippen molar-refractivity contribution in [3.05, 3.63) is 11.1 Å². The molecule has 0 fully saturated rings. The van der Waals surface area contributed by atoms with Crippen molar-refractivity contribution in [3.63, 3.8) is 0 Å². The monoisotopic (exact) mass is 303 g/mol. The van der Waals surface area contributed by atoms with Crippen molar-refractivity contribution in [2.24, 2.45) is 0 Å². The van der Waals surface area contributed by atoms with Crippen LogP contribution in [0, 0.1) is 5.41 Å². The van der Waals surface area contributed by atoms with E-state index in [1.807, 2.05) is 13.8 Å². The van der Waals surface area contributed by atoms with Crippen molar-refractivity contribution in [2.75, 3.05) is 0 Å². The zero-order valence-corrected chi connectivity index (χ0v) is 13.5. The summed E-state index contributed by atoms with van der Waals surface area (Å²) in [5.74, 6) is 0. The first-order chi connectivity index (χ1) is 6.59. The van der Waals surface area contributed by atoms with E-state index in [-0.39, 0.29) is 0 Å². The van der Waals surface area contributed by atoms with Crippen molar-refractivity contribution < 1.29 is 0 Å². The molecule has 0 aromatic heterocycles. The summed E-state index contributed by atoms with van der Waals surface area (Å²) >= 11 is -0.507. The number of hydrogen-bond donors (Lipinski definition) is 1. The van der Waals surface area contributed by atoms with Gasteiger partial charge in [-0.25, -0.2) is 0 Å². The summed E-state index contributed by atoms with van der Waals surface area (Å²) in [5.41, 5.74) is 2.56. The zero-order valence-electron chi connectivity index (χ0n) is 10.6. The number of hydrogen-bond acceptors (Lipinski definition) is 1. The molecule has 0 atom stereocenters. The summed E-state index contributed by atoms with van der Waals surface area (Å²) in [4.78, 5) is 0. The van der Waals surface area contributed by atoms with Gasteiger partial charge in [0.25, 0.3) is 0 Å². The van der Waals surface area contributed by atoms with Crippen LogP contribution in [0.25, 0.3) is 0 Å². The third-order valence-corrected chi connectivity index (χ3v) is 5.76. The van der Waals surface area contributed by atoms with Gasteiger partial charge in [-0.05, 0) is 0 Å². The van der Waals surface area contributed by atoms with Gasteiger partial charge in [0.05, 0.1) is 0 Å². The van der Waals surface area contributed by atoms with Crippen LogP contribution < -0.4 is 0 Å². The fraction of sp³-hybridized carbons (Fsp3) is 0.750. The van der Waals surface area contributed by atoms with Gasteiger partial charge in [-0.3, -0.25) is 0 Å². The van der Waals surface area contributed by atoms with Crippen LogP contribution in [0.5, 0.6) is 0 Å². The predicted molar refractivity (Wildman–Crippen MR) is 68.6 cm³/mol. The average Bonchev–Trinajstić information content (AvgIpc) is 2.19. The maximum atomic E-state index is 7.82. The molecule has 2 heteroatoms. The standard InChI is InChI=1S/C6H10N.C4H9.C2H6.Sn/c1-5(2)6(3)4-7;1-3-4-2;1-2;/h7H,1-3H3;1,3-4H2,2H3;1-2H3;. The van der Waals surface area contributed by atoms with E-state index in [0.29, 0.717) is 0 Å². The molecule has 0 amide bonds. The molecule has 1 N–H and O–H groups in total. The minimum absolute atomic E-state index is 0.507. The van der Waals surface area contributed by atoms with E-state index in [9.17, 15) is 0 Å². The Morgan fingerprint density at radius 1 is 1.14 bits per heavy atom. The Morgan fingerprint density at radius 2 is 1.64 bits per heavy atom. The zero-order chi connectivity index (χ0) is 11.6. The second-order valence-electron chi connectivity index (χ2n) is 3.28. The Balaban J connectivity index is 0. The van der Waals surface area contributed by atoms with E-state index in [0.717, 1.165) is 3.73 Å². The molecule has 0 spiro atoms. The molecule has 1 nitrogen and oxygen atoms in total. The van der Waals surface area contributed by atoms with Gasteiger partial charge >= 0.3 is 86.4 Å². The summed E-state index contributed by atoms with van der Waals surface area (Å²) in [5, 5.41) is 7.82. The first kappa shape index (κ1) is 16.6. The third-order valence-electron chi connectivity index (χ3n) is 1.96. The van der Waals surface area contributed by atoms with Crippen molar-refractivity contribution in [2.45, 2.75) is 58.8 Å². The van der Waals surface area contributed by atoms with Gasteiger partial charge < -0.3 is 0 Å². The SMILES string of the molecule is CC.CCC[CH2][Sn][C](=N)C(C)=C(C)C. The normalized spacial score (nSPS) is 8.71. The first-order valence-electron chi connectivity index (χ1n) is 5.56. The van der Waals surface area contributed by atoms with Crippen LogP contribution in [-0.4, -0.2) is 24.9 Å². The van der Waals surface area contributed by atoms with Crippen molar-refractivity contribution >= 4 is 24.9 Å². The third kappa shape index (κ3) is 8.79. The van der Waals surface area contributed by atoms with Gasteiger partial charge in [-0.15, -0.1) is 0 Å². The van der Waals surface area contributed by atoms with Crippen LogP contribution in [0.4, 0.5) is 0 Å². The molecule has 0 bridgehead atoms. The van der Waals surface area contributed by atoms with Gasteiger partial charge in [0.2, 0.25) is 0 Å². The van der Waals surface area contributed by atoms with E-state index >= 15 is 0 Å². The summed E-state index contributed by atoms with van der Waals surface area (Å²) in [6.45, 7) is 12.5. The van der Waals surface area contributed by atoms with Gasteiger partial charge in [0.1, 0.15) is 0 Å². The van der Waals surface area contributed by atoms with E-state index in [4.69, 9.17) is 5.41 Å². The molecule has 0 unspecified atom stereocenters. The van der Waals surface area contributed by atoms with Crippen molar-refractivity contribution in [1.29, 1.82) is 5.41 Å². The molecule has 14 heavy (non-hydrogen) atoms. The predicted octanol–water partition coefficient (Wildman–Crippen LogP) is 4.27. The summed E-state index contributed by atoms with van der Waals surface area (Å²) in [6.07, 6.45) is 2.60. The number of rotatable bonds is 5. The molecule has 2 radical (unpaired) electrons. The quantitative estimate of drug-likeness (QED) is 0.445. The Labute approximate surface area is 100 Å². The second-order valence-corrected chi connectivity index (χ2v) is 7.14. The molecule has 82 valence electrons. The fourth-order valence-corrected chi connectivity index (χ4v) is 4.47. The average molecular weight is 302 g/mol. The van der Waals surface area contributed by atoms with E-state index in [1.165, 1.54) is 28.4 Å². The summed E-state index contributed by atoms with van der Waals surface area (Å²) < 4.78 is 2.33. The molecular weight excluding hydrogens is 277 g/mol. The van der Waals surface area contributed by atoms with Crippen LogP contribution in [0.2, 0.25) is 4.44 Å². The van der Waals surface area contributed by atoms with Gasteiger partial charge in [0, 0.05) is 0 Å². The molecule has 0 saturated carbocycles. The van der Waals surface area contributed by atoms with E-state index in [2.05, 4.69) is 27.7 Å². The van der Waals surface area contributed by atoms with Crippen LogP contribution in [0.15, 0.2) is 11.1 Å². The Hall–Kier alpha value is 0.209. The van der Waals surface area contributed by atoms with Crippen molar-refractivity contribution in [1.82, 2.24) is 0 Å². The van der Waals surface area contributed by atoms with Crippen LogP contribution in [-0.2, 0) is 0 Å². The van der Waals surface area contributed by atoms with Gasteiger partial charge in [0.15, 0.2) is 0 Å². The molecule has 0 aliphatic rings. The molecule has 0 saturated heterocycles. The Kier molecular flexibility index (Phi) is 13.4. The van der Waals surface area contributed by atoms with Gasteiger partial charge in [-0.2, -0.15) is 0 Å². The Morgan fingerprint density at radius 3 is 2.00 bits per heavy atom. The first-order valence-corrected chi connectivity index (χ1v) is 9.01. The molecule has 0 aromatic rings. The molecule has 0 heterocycles. The van der Waals surface area contributed by atoms with Crippen molar-refractivity contribution in [3.8, 4) is 0 Å². The molecule has 0 aliphatic carbocycles. The van der Waals surface area contributed by atoms with Crippen LogP contribution >= 0.6 is 0 Å². The second kappa shape index (κ2) is 11.3. The van der Waals surface area contributed by atoms with Gasteiger partial charge in [-0.1, -0.05) is 13.8 Å². The maximum absolute atomic E-state index is 7.82. The number of allylic oxidation sites excluding steroid dienone is 2. The summed E-state index contributed by atoms with van der Waals surface area (Å²) in [6, 6.07) is 0. The topological polar surface area (TPSA) is 23.9 Å². The molecule has 0 rings (SSSR count). The number of nitrogens with one attached hydrogen (secondary N) is 1. The molecule has 0 aromatic carbocycles. The van der Waals surface area contributed by atoms with Crippen LogP contribution in [0.3, 0.4) is 0 Å². The molecular formula is C12H25NSn. The van der Waals surface area contributed by atoms with E-state index in [1.54, 1.807) is 0 Å². The fourth-order valence-electron chi connectivity index (χ4n) is 0.773. The molecule has 0 aliphatic heterocycles. The number of unbranched alkanes of at least 4 members (excludes halogenated alkanes) is 1. The van der Waals surface area contributed by atoms with E-state index < -0.39 is 21.1 Å². The minimum atomic E-state index is -0.507. The van der Waals surface area contributed by atoms with Crippen LogP contribution in [0.1, 0.15) is 54.4 Å². The Bertz CT molecular complexity index is 179.